The number of amides is 1. The first-order valence-corrected chi connectivity index (χ1v) is 10.8. The van der Waals surface area contributed by atoms with Gasteiger partial charge in [-0.25, -0.2) is 0 Å². The molecule has 5 heteroatoms. The van der Waals surface area contributed by atoms with E-state index in [4.69, 9.17) is 4.99 Å². The molecule has 1 saturated heterocycles. The molecule has 0 bridgehead atoms. The molecule has 3 aliphatic rings. The fourth-order valence-electron chi connectivity index (χ4n) is 4.81. The van der Waals surface area contributed by atoms with Crippen molar-refractivity contribution in [3.63, 3.8) is 0 Å². The maximum Gasteiger partial charge on any atom is 0.227 e. The van der Waals surface area contributed by atoms with Crippen LogP contribution in [0.2, 0.25) is 0 Å². The summed E-state index contributed by atoms with van der Waals surface area (Å²) in [5.41, 5.74) is 8.12. The van der Waals surface area contributed by atoms with Gasteiger partial charge in [-0.15, -0.1) is 0 Å². The monoisotopic (exact) mass is 388 g/mol. The fourth-order valence-corrected chi connectivity index (χ4v) is 4.81. The first-order chi connectivity index (χ1) is 14.2. The van der Waals surface area contributed by atoms with Crippen molar-refractivity contribution in [2.75, 3.05) is 26.2 Å². The molecule has 0 spiro atoms. The lowest BCUT2D eigenvalue weighted by Gasteiger charge is -2.33. The van der Waals surface area contributed by atoms with E-state index in [0.29, 0.717) is 13.0 Å². The van der Waals surface area contributed by atoms with Crippen molar-refractivity contribution in [2.45, 2.75) is 45.7 Å². The average Bonchev–Trinajstić information content (AvgIpc) is 3.14. The Kier molecular flexibility index (Phi) is 4.92. The Bertz CT molecular complexity index is 975. The van der Waals surface area contributed by atoms with Gasteiger partial charge in [-0.3, -0.25) is 14.8 Å². The minimum absolute atomic E-state index is 0.262. The van der Waals surface area contributed by atoms with Gasteiger partial charge >= 0.3 is 0 Å². The highest BCUT2D eigenvalue weighted by molar-refractivity contribution is 6.15. The Hall–Kier alpha value is -2.53. The van der Waals surface area contributed by atoms with E-state index in [1.807, 2.05) is 24.1 Å². The number of hydrogen-bond acceptors (Lipinski definition) is 4. The molecule has 2 aromatic rings. The number of hydrogen-bond donors (Lipinski definition) is 0. The van der Waals surface area contributed by atoms with Crippen LogP contribution in [-0.2, 0) is 24.3 Å². The highest BCUT2D eigenvalue weighted by atomic mass is 16.2. The number of aromatic nitrogens is 1. The minimum Gasteiger partial charge on any atom is -0.337 e. The van der Waals surface area contributed by atoms with Gasteiger partial charge in [0.05, 0.1) is 18.7 Å². The van der Waals surface area contributed by atoms with Gasteiger partial charge in [0.2, 0.25) is 5.91 Å². The lowest BCUT2D eigenvalue weighted by atomic mass is 9.91. The zero-order valence-electron chi connectivity index (χ0n) is 17.2. The van der Waals surface area contributed by atoms with E-state index in [-0.39, 0.29) is 5.91 Å². The molecule has 0 aliphatic carbocycles. The molecular weight excluding hydrogens is 360 g/mol. The van der Waals surface area contributed by atoms with E-state index in [1.54, 1.807) is 0 Å². The molecule has 0 saturated carbocycles. The molecule has 29 heavy (non-hydrogen) atoms. The predicted molar refractivity (Wildman–Crippen MR) is 114 cm³/mol. The van der Waals surface area contributed by atoms with Gasteiger partial charge in [0, 0.05) is 42.7 Å². The van der Waals surface area contributed by atoms with Crippen molar-refractivity contribution >= 4 is 11.6 Å². The van der Waals surface area contributed by atoms with Gasteiger partial charge in [-0.1, -0.05) is 12.5 Å². The van der Waals surface area contributed by atoms with Crippen LogP contribution >= 0.6 is 0 Å². The summed E-state index contributed by atoms with van der Waals surface area (Å²) in [6.07, 6.45) is 6.30. The van der Waals surface area contributed by atoms with E-state index < -0.39 is 0 Å². The van der Waals surface area contributed by atoms with E-state index in [9.17, 15) is 4.79 Å². The molecule has 1 fully saturated rings. The van der Waals surface area contributed by atoms with Gasteiger partial charge in [0.25, 0.3) is 0 Å². The molecule has 3 aliphatic heterocycles. The maximum atomic E-state index is 12.7. The number of pyridine rings is 1. The molecule has 1 aromatic carbocycles. The Morgan fingerprint density at radius 2 is 1.86 bits per heavy atom. The number of aryl methyl sites for hydroxylation is 1. The number of benzene rings is 1. The molecule has 4 heterocycles. The van der Waals surface area contributed by atoms with E-state index in [1.165, 1.54) is 54.6 Å². The summed E-state index contributed by atoms with van der Waals surface area (Å²) in [5.74, 6) is 0.262. The molecule has 0 radical (unpaired) electrons. The quantitative estimate of drug-likeness (QED) is 0.809. The Labute approximate surface area is 172 Å². The van der Waals surface area contributed by atoms with Crippen molar-refractivity contribution in [3.8, 4) is 0 Å². The number of nitrogens with zero attached hydrogens (tertiary/aromatic N) is 4. The summed E-state index contributed by atoms with van der Waals surface area (Å²) >= 11 is 0. The topological polar surface area (TPSA) is 48.8 Å². The standard InChI is InChI=1S/C24H28N4O/c1-17-11-18(5-6-25-17)24-22-13-21-16-28(10-9-27-7-3-2-4-8-27)23(29)14-19(21)12-20(22)15-26-24/h5-6,11-13H,2-4,7-10,14-16H2,1H3. The Morgan fingerprint density at radius 1 is 1.00 bits per heavy atom. The largest absolute Gasteiger partial charge is 0.337 e. The van der Waals surface area contributed by atoms with E-state index >= 15 is 0 Å². The lowest BCUT2D eigenvalue weighted by Crippen LogP contribution is -2.42. The number of fused-ring (bicyclic) bond motifs is 2. The third-order valence-electron chi connectivity index (χ3n) is 6.45. The summed E-state index contributed by atoms with van der Waals surface area (Å²) in [7, 11) is 0. The molecule has 0 unspecified atom stereocenters. The van der Waals surface area contributed by atoms with Crippen molar-refractivity contribution in [1.29, 1.82) is 0 Å². The van der Waals surface area contributed by atoms with Crippen LogP contribution in [0.3, 0.4) is 0 Å². The van der Waals surface area contributed by atoms with Gasteiger partial charge in [0.1, 0.15) is 0 Å². The molecule has 150 valence electrons. The number of rotatable bonds is 4. The van der Waals surface area contributed by atoms with Crippen molar-refractivity contribution in [2.24, 2.45) is 4.99 Å². The molecule has 5 rings (SSSR count). The first-order valence-electron chi connectivity index (χ1n) is 10.8. The maximum absolute atomic E-state index is 12.7. The second-order valence-electron chi connectivity index (χ2n) is 8.52. The van der Waals surface area contributed by atoms with Crippen LogP contribution in [0.4, 0.5) is 0 Å². The highest BCUT2D eigenvalue weighted by Gasteiger charge is 2.27. The van der Waals surface area contributed by atoms with Gasteiger partial charge in [0.15, 0.2) is 0 Å². The third kappa shape index (κ3) is 3.71. The van der Waals surface area contributed by atoms with Crippen LogP contribution in [0.15, 0.2) is 35.5 Å². The number of piperidine rings is 1. The SMILES string of the molecule is Cc1cc(C2=NCc3cc4c(cc32)CN(CCN2CCCCC2)C(=O)C4)ccn1. The van der Waals surface area contributed by atoms with Crippen molar-refractivity contribution in [3.05, 3.63) is 64.0 Å². The molecule has 1 aromatic heterocycles. The van der Waals surface area contributed by atoms with E-state index in [0.717, 1.165) is 36.6 Å². The number of likely N-dealkylation sites (tertiary alicyclic amines) is 1. The summed E-state index contributed by atoms with van der Waals surface area (Å²) in [6.45, 7) is 7.62. The van der Waals surface area contributed by atoms with E-state index in [2.05, 4.69) is 28.1 Å². The highest BCUT2D eigenvalue weighted by Crippen LogP contribution is 2.30. The molecule has 0 atom stereocenters. The third-order valence-corrected chi connectivity index (χ3v) is 6.45. The molecule has 0 N–H and O–H groups in total. The van der Waals surface area contributed by atoms with Crippen LogP contribution < -0.4 is 0 Å². The van der Waals surface area contributed by atoms with Gasteiger partial charge in [-0.2, -0.15) is 0 Å². The van der Waals surface area contributed by atoms with Crippen molar-refractivity contribution in [1.82, 2.24) is 14.8 Å². The number of aliphatic imine (C=N–C) groups is 1. The fraction of sp³-hybridized carbons (Fsp3) is 0.458. The summed E-state index contributed by atoms with van der Waals surface area (Å²) in [5, 5.41) is 0. The summed E-state index contributed by atoms with van der Waals surface area (Å²) in [4.78, 5) is 26.4. The summed E-state index contributed by atoms with van der Waals surface area (Å²) < 4.78 is 0. The zero-order chi connectivity index (χ0) is 19.8. The smallest absolute Gasteiger partial charge is 0.227 e. The molecular formula is C24H28N4O. The van der Waals surface area contributed by atoms with Crippen LogP contribution in [0.25, 0.3) is 0 Å². The average molecular weight is 389 g/mol. The normalized spacial score (nSPS) is 19.1. The lowest BCUT2D eigenvalue weighted by molar-refractivity contribution is -0.132. The van der Waals surface area contributed by atoms with Crippen molar-refractivity contribution < 1.29 is 4.79 Å². The second-order valence-corrected chi connectivity index (χ2v) is 8.52. The van der Waals surface area contributed by atoms with Crippen LogP contribution in [0, 0.1) is 6.92 Å². The zero-order valence-corrected chi connectivity index (χ0v) is 17.2. The minimum atomic E-state index is 0.262. The molecule has 5 nitrogen and oxygen atoms in total. The van der Waals surface area contributed by atoms with Crippen LogP contribution in [0.1, 0.15) is 52.8 Å². The van der Waals surface area contributed by atoms with Crippen LogP contribution in [0.5, 0.6) is 0 Å². The predicted octanol–water partition coefficient (Wildman–Crippen LogP) is 3.11. The first kappa shape index (κ1) is 18.5. The second kappa shape index (κ2) is 7.71. The Morgan fingerprint density at radius 3 is 2.69 bits per heavy atom. The molecule has 1 amide bonds. The van der Waals surface area contributed by atoms with Gasteiger partial charge in [-0.05, 0) is 67.7 Å². The van der Waals surface area contributed by atoms with Crippen LogP contribution in [-0.4, -0.2) is 52.6 Å². The summed E-state index contributed by atoms with van der Waals surface area (Å²) in [6, 6.07) is 8.64. The number of carbonyl (C=O) groups excluding carboxylic acids is 1. The Balaban J connectivity index is 1.36. The number of carbonyl (C=O) groups is 1. The van der Waals surface area contributed by atoms with Gasteiger partial charge < -0.3 is 9.80 Å².